The molecule has 2 amide bonds. The van der Waals surface area contributed by atoms with E-state index in [4.69, 9.17) is 0 Å². The van der Waals surface area contributed by atoms with E-state index in [2.05, 4.69) is 24.1 Å². The number of hydrogen-bond acceptors (Lipinski definition) is 4. The number of carbonyl (C=O) groups is 3. The molecule has 0 spiro atoms. The van der Waals surface area contributed by atoms with Crippen LogP contribution in [0.2, 0.25) is 0 Å². The second-order valence-electron chi connectivity index (χ2n) is 11.3. The Morgan fingerprint density at radius 3 is 2.44 bits per heavy atom. The Labute approximate surface area is 214 Å². The van der Waals surface area contributed by atoms with Crippen molar-refractivity contribution >= 4 is 17.8 Å². The number of aliphatic carboxylic acids is 1. The molecule has 0 saturated carbocycles. The molecule has 0 aliphatic carbocycles. The Bertz CT molecular complexity index is 1110. The van der Waals surface area contributed by atoms with Crippen LogP contribution < -0.4 is 5.32 Å². The lowest BCUT2D eigenvalue weighted by molar-refractivity contribution is -0.147. The topological polar surface area (TPSA) is 99.6 Å². The van der Waals surface area contributed by atoms with Gasteiger partial charge in [0, 0.05) is 30.9 Å². The molecular weight excluding hydrogens is 454 g/mol. The van der Waals surface area contributed by atoms with Crippen molar-refractivity contribution in [2.75, 3.05) is 6.54 Å². The average molecular weight is 494 g/mol. The third-order valence-electron chi connectivity index (χ3n) is 6.93. The number of carboxylic acids is 1. The summed E-state index contributed by atoms with van der Waals surface area (Å²) in [5.41, 5.74) is 4.66. The molecule has 194 valence electrons. The van der Waals surface area contributed by atoms with Crippen molar-refractivity contribution in [3.8, 4) is 11.1 Å². The van der Waals surface area contributed by atoms with Crippen LogP contribution in [0.3, 0.4) is 0 Å². The van der Waals surface area contributed by atoms with Gasteiger partial charge in [-0.2, -0.15) is 0 Å². The van der Waals surface area contributed by atoms with E-state index < -0.39 is 18.1 Å². The summed E-state index contributed by atoms with van der Waals surface area (Å²) in [6.07, 6.45) is 4.80. The zero-order chi connectivity index (χ0) is 26.6. The van der Waals surface area contributed by atoms with Crippen LogP contribution in [0.1, 0.15) is 76.1 Å². The van der Waals surface area contributed by atoms with E-state index in [1.165, 1.54) is 0 Å². The Balaban J connectivity index is 1.94. The van der Waals surface area contributed by atoms with Crippen molar-refractivity contribution in [3.05, 3.63) is 53.3 Å². The number of piperidine rings is 1. The maximum Gasteiger partial charge on any atom is 0.305 e. The summed E-state index contributed by atoms with van der Waals surface area (Å²) in [5.74, 6) is -1.18. The number of carbonyl (C=O) groups excluding carboxylic acids is 2. The van der Waals surface area contributed by atoms with Crippen LogP contribution in [0.15, 0.2) is 36.7 Å². The van der Waals surface area contributed by atoms with Gasteiger partial charge in [-0.1, -0.05) is 45.9 Å². The summed E-state index contributed by atoms with van der Waals surface area (Å²) in [6.45, 7) is 12.8. The van der Waals surface area contributed by atoms with Gasteiger partial charge >= 0.3 is 5.97 Å². The molecule has 36 heavy (non-hydrogen) atoms. The first-order valence-electron chi connectivity index (χ1n) is 12.7. The monoisotopic (exact) mass is 493 g/mol. The van der Waals surface area contributed by atoms with Gasteiger partial charge in [0.15, 0.2) is 0 Å². The predicted octanol–water partition coefficient (Wildman–Crippen LogP) is 5.06. The van der Waals surface area contributed by atoms with Gasteiger partial charge in [-0.05, 0) is 66.3 Å². The lowest BCUT2D eigenvalue weighted by Crippen LogP contribution is -2.55. The maximum absolute atomic E-state index is 13.6. The molecule has 0 unspecified atom stereocenters. The molecule has 3 rings (SSSR count). The van der Waals surface area contributed by atoms with Crippen molar-refractivity contribution < 1.29 is 19.5 Å². The fraction of sp³-hybridized carbons (Fsp3) is 0.517. The van der Waals surface area contributed by atoms with E-state index in [0.717, 1.165) is 28.7 Å². The number of amides is 2. The molecule has 7 nitrogen and oxygen atoms in total. The molecule has 1 aliphatic heterocycles. The average Bonchev–Trinajstić information content (AvgIpc) is 2.78. The van der Waals surface area contributed by atoms with Gasteiger partial charge in [0.1, 0.15) is 6.04 Å². The Hall–Kier alpha value is -3.22. The number of likely N-dealkylation sites (tertiary alicyclic amines) is 1. The zero-order valence-electron chi connectivity index (χ0n) is 22.3. The summed E-state index contributed by atoms with van der Waals surface area (Å²) in [7, 11) is 0. The van der Waals surface area contributed by atoms with Gasteiger partial charge in [0.2, 0.25) is 11.8 Å². The number of nitrogens with zero attached hydrogens (tertiary/aromatic N) is 2. The van der Waals surface area contributed by atoms with Gasteiger partial charge < -0.3 is 15.3 Å². The molecule has 1 fully saturated rings. The van der Waals surface area contributed by atoms with E-state index in [-0.39, 0.29) is 29.6 Å². The molecule has 0 bridgehead atoms. The maximum atomic E-state index is 13.6. The largest absolute Gasteiger partial charge is 0.481 e. The van der Waals surface area contributed by atoms with Crippen LogP contribution in [0.4, 0.5) is 0 Å². The molecule has 2 aromatic rings. The van der Waals surface area contributed by atoms with Crippen molar-refractivity contribution in [1.82, 2.24) is 15.2 Å². The van der Waals surface area contributed by atoms with Gasteiger partial charge in [0.25, 0.3) is 0 Å². The third kappa shape index (κ3) is 6.71. The molecule has 2 atom stereocenters. The highest BCUT2D eigenvalue weighted by molar-refractivity contribution is 5.88. The number of aromatic nitrogens is 1. The quantitative estimate of drug-likeness (QED) is 0.509. The van der Waals surface area contributed by atoms with E-state index in [1.807, 2.05) is 52.0 Å². The van der Waals surface area contributed by atoms with Crippen LogP contribution in [-0.4, -0.2) is 45.4 Å². The predicted molar refractivity (Wildman–Crippen MR) is 140 cm³/mol. The third-order valence-corrected chi connectivity index (χ3v) is 6.93. The minimum absolute atomic E-state index is 0.0244. The van der Waals surface area contributed by atoms with Crippen molar-refractivity contribution in [2.24, 2.45) is 11.3 Å². The van der Waals surface area contributed by atoms with E-state index >= 15 is 0 Å². The number of rotatable bonds is 9. The highest BCUT2D eigenvalue weighted by Gasteiger charge is 2.39. The van der Waals surface area contributed by atoms with Crippen molar-refractivity contribution in [1.29, 1.82) is 0 Å². The minimum Gasteiger partial charge on any atom is -0.481 e. The Kier molecular flexibility index (Phi) is 8.54. The Morgan fingerprint density at radius 1 is 1.17 bits per heavy atom. The number of hydrogen-bond donors (Lipinski definition) is 2. The second kappa shape index (κ2) is 11.2. The molecule has 2 heterocycles. The van der Waals surface area contributed by atoms with E-state index in [1.54, 1.807) is 17.3 Å². The summed E-state index contributed by atoms with van der Waals surface area (Å²) in [5, 5.41) is 12.6. The smallest absolute Gasteiger partial charge is 0.305 e. The second-order valence-corrected chi connectivity index (χ2v) is 11.3. The van der Waals surface area contributed by atoms with E-state index in [9.17, 15) is 19.5 Å². The molecule has 7 heteroatoms. The molecule has 1 aliphatic rings. The van der Waals surface area contributed by atoms with Gasteiger partial charge in [0.05, 0.1) is 12.5 Å². The minimum atomic E-state index is -1.02. The first kappa shape index (κ1) is 27.4. The van der Waals surface area contributed by atoms with E-state index in [0.29, 0.717) is 24.9 Å². The van der Waals surface area contributed by atoms with Crippen LogP contribution in [0.5, 0.6) is 0 Å². The zero-order valence-corrected chi connectivity index (χ0v) is 22.3. The van der Waals surface area contributed by atoms with Crippen LogP contribution in [0, 0.1) is 25.2 Å². The van der Waals surface area contributed by atoms with Crippen LogP contribution >= 0.6 is 0 Å². The fourth-order valence-electron chi connectivity index (χ4n) is 5.07. The number of nitrogens with one attached hydrogen (secondary N) is 1. The normalized spacial score (nSPS) is 17.1. The van der Waals surface area contributed by atoms with Gasteiger partial charge in [-0.25, -0.2) is 0 Å². The number of pyridine rings is 1. The molecule has 1 aromatic heterocycles. The van der Waals surface area contributed by atoms with Crippen molar-refractivity contribution in [2.45, 2.75) is 79.3 Å². The molecule has 1 saturated heterocycles. The number of aryl methyl sites for hydroxylation is 2. The van der Waals surface area contributed by atoms with Gasteiger partial charge in [-0.3, -0.25) is 19.4 Å². The summed E-state index contributed by atoms with van der Waals surface area (Å²) < 4.78 is 0. The first-order valence-corrected chi connectivity index (χ1v) is 12.7. The van der Waals surface area contributed by atoms with Crippen molar-refractivity contribution in [3.63, 3.8) is 0 Å². The summed E-state index contributed by atoms with van der Waals surface area (Å²) >= 11 is 0. The summed E-state index contributed by atoms with van der Waals surface area (Å²) in [6, 6.07) is 6.54. The summed E-state index contributed by atoms with van der Waals surface area (Å²) in [4.78, 5) is 44.4. The van der Waals surface area contributed by atoms with Gasteiger partial charge in [-0.15, -0.1) is 0 Å². The highest BCUT2D eigenvalue weighted by atomic mass is 16.4. The Morgan fingerprint density at radius 2 is 1.83 bits per heavy atom. The lowest BCUT2D eigenvalue weighted by Gasteiger charge is -2.42. The number of carboxylic acid groups (broad SMARTS) is 1. The van der Waals surface area contributed by atoms with Crippen LogP contribution in [-0.2, 0) is 14.4 Å². The SMILES string of the molecule is Cc1cccc(C)c1-c1cncc([C@H](CC(=O)O)NC(=O)[C@@H](CC(C)C)N2CC(C)(C)CCC2=O)c1. The molecule has 1 aromatic carbocycles. The molecule has 2 N–H and O–H groups in total. The highest BCUT2D eigenvalue weighted by Crippen LogP contribution is 2.33. The van der Waals surface area contributed by atoms with Crippen LogP contribution in [0.25, 0.3) is 11.1 Å². The number of benzene rings is 1. The fourth-order valence-corrected chi connectivity index (χ4v) is 5.07. The molecule has 0 radical (unpaired) electrons. The lowest BCUT2D eigenvalue weighted by atomic mass is 9.82. The first-order chi connectivity index (χ1) is 16.9. The standard InChI is InChI=1S/C29H39N3O4/c1-18(2)12-24(32-17-29(5,6)11-10-25(32)33)28(36)31-23(14-26(34)35)21-13-22(16-30-15-21)27-19(3)8-7-9-20(27)4/h7-9,13,15-16,18,23-24H,10-12,14,17H2,1-6H3,(H,31,36)(H,34,35)/t23-,24+/m0/s1. The molecular formula is C29H39N3O4.